The first-order valence-electron chi connectivity index (χ1n) is 8.09. The molecule has 2 heteroatoms. The van der Waals surface area contributed by atoms with Crippen molar-refractivity contribution >= 4 is 11.3 Å². The van der Waals surface area contributed by atoms with Gasteiger partial charge in [-0.1, -0.05) is 39.5 Å². The lowest BCUT2D eigenvalue weighted by atomic mass is 9.73. The fraction of sp³-hybridized carbons (Fsp3) is 0.765. The maximum absolute atomic E-state index is 3.85. The summed E-state index contributed by atoms with van der Waals surface area (Å²) in [6.07, 6.45) is 9.61. The van der Waals surface area contributed by atoms with Gasteiger partial charge >= 0.3 is 0 Å². The summed E-state index contributed by atoms with van der Waals surface area (Å²) in [4.78, 5) is 0. The van der Waals surface area contributed by atoms with Crippen molar-refractivity contribution in [2.75, 3.05) is 6.54 Å². The molecule has 1 aliphatic rings. The smallest absolute Gasteiger partial charge is 0.0139 e. The molecule has 1 N–H and O–H groups in total. The standard InChI is InChI=1S/C17H29NS/c1-3-10-18-17(12-14-9-11-19-13-14)16-8-6-5-7-15(16)4-2/h9,11,13,15-18H,3-8,10,12H2,1-2H3. The third-order valence-corrected chi connectivity index (χ3v) is 5.43. The van der Waals surface area contributed by atoms with Gasteiger partial charge in [0.25, 0.3) is 0 Å². The van der Waals surface area contributed by atoms with Gasteiger partial charge in [0, 0.05) is 6.04 Å². The molecule has 0 bridgehead atoms. The Balaban J connectivity index is 2.01. The van der Waals surface area contributed by atoms with E-state index in [0.717, 1.165) is 11.8 Å². The summed E-state index contributed by atoms with van der Waals surface area (Å²) < 4.78 is 0. The second-order valence-electron chi connectivity index (χ2n) is 6.01. The van der Waals surface area contributed by atoms with Crippen LogP contribution in [0.15, 0.2) is 16.8 Å². The average Bonchev–Trinajstić information content (AvgIpc) is 2.96. The lowest BCUT2D eigenvalue weighted by Crippen LogP contribution is -2.42. The van der Waals surface area contributed by atoms with Crippen molar-refractivity contribution in [2.45, 2.75) is 64.8 Å². The lowest BCUT2D eigenvalue weighted by Gasteiger charge is -2.37. The number of nitrogens with one attached hydrogen (secondary N) is 1. The molecule has 19 heavy (non-hydrogen) atoms. The molecule has 108 valence electrons. The summed E-state index contributed by atoms with van der Waals surface area (Å²) in [5.74, 6) is 1.84. The zero-order chi connectivity index (χ0) is 13.5. The van der Waals surface area contributed by atoms with Crippen LogP contribution in [-0.4, -0.2) is 12.6 Å². The molecule has 0 spiro atoms. The Morgan fingerprint density at radius 1 is 1.32 bits per heavy atom. The van der Waals surface area contributed by atoms with E-state index in [1.165, 1.54) is 57.1 Å². The minimum atomic E-state index is 0.694. The van der Waals surface area contributed by atoms with Crippen LogP contribution in [-0.2, 0) is 6.42 Å². The largest absolute Gasteiger partial charge is 0.313 e. The van der Waals surface area contributed by atoms with Gasteiger partial charge in [0.2, 0.25) is 0 Å². The summed E-state index contributed by atoms with van der Waals surface area (Å²) >= 11 is 1.83. The van der Waals surface area contributed by atoms with Gasteiger partial charge in [-0.05, 0) is 60.0 Å². The van der Waals surface area contributed by atoms with Crippen molar-refractivity contribution < 1.29 is 0 Å². The molecule has 1 nitrogen and oxygen atoms in total. The first kappa shape index (κ1) is 15.1. The minimum absolute atomic E-state index is 0.694. The highest BCUT2D eigenvalue weighted by Crippen LogP contribution is 2.35. The van der Waals surface area contributed by atoms with E-state index in [1.54, 1.807) is 0 Å². The van der Waals surface area contributed by atoms with E-state index in [1.807, 2.05) is 11.3 Å². The third-order valence-electron chi connectivity index (χ3n) is 4.70. The zero-order valence-corrected chi connectivity index (χ0v) is 13.3. The second kappa shape index (κ2) is 8.06. The highest BCUT2D eigenvalue weighted by atomic mass is 32.1. The molecule has 2 rings (SSSR count). The topological polar surface area (TPSA) is 12.0 Å². The molecule has 1 aromatic heterocycles. The number of thiophene rings is 1. The maximum Gasteiger partial charge on any atom is 0.0139 e. The van der Waals surface area contributed by atoms with Gasteiger partial charge in [0.1, 0.15) is 0 Å². The van der Waals surface area contributed by atoms with Crippen molar-refractivity contribution in [3.8, 4) is 0 Å². The summed E-state index contributed by atoms with van der Waals surface area (Å²) in [5.41, 5.74) is 1.53. The first-order chi connectivity index (χ1) is 9.35. The van der Waals surface area contributed by atoms with Gasteiger partial charge in [-0.3, -0.25) is 0 Å². The van der Waals surface area contributed by atoms with Crippen molar-refractivity contribution in [3.63, 3.8) is 0 Å². The maximum atomic E-state index is 3.85. The van der Waals surface area contributed by atoms with Crippen LogP contribution >= 0.6 is 11.3 Å². The highest BCUT2D eigenvalue weighted by Gasteiger charge is 2.30. The molecule has 3 atom stereocenters. The molecule has 0 aromatic carbocycles. The predicted molar refractivity (Wildman–Crippen MR) is 85.8 cm³/mol. The van der Waals surface area contributed by atoms with Crippen LogP contribution in [0.4, 0.5) is 0 Å². The molecule has 0 aliphatic heterocycles. The molecule has 1 fully saturated rings. The molecular weight excluding hydrogens is 250 g/mol. The van der Waals surface area contributed by atoms with Crippen LogP contribution in [0.25, 0.3) is 0 Å². The van der Waals surface area contributed by atoms with Crippen LogP contribution in [0.1, 0.15) is 57.9 Å². The first-order valence-corrected chi connectivity index (χ1v) is 9.03. The zero-order valence-electron chi connectivity index (χ0n) is 12.5. The van der Waals surface area contributed by atoms with E-state index in [0.29, 0.717) is 6.04 Å². The molecule has 0 amide bonds. The fourth-order valence-electron chi connectivity index (χ4n) is 3.64. The van der Waals surface area contributed by atoms with E-state index >= 15 is 0 Å². The normalized spacial score (nSPS) is 25.4. The number of hydrogen-bond acceptors (Lipinski definition) is 2. The van der Waals surface area contributed by atoms with Crippen LogP contribution in [0.2, 0.25) is 0 Å². The predicted octanol–water partition coefficient (Wildman–Crippen LogP) is 4.88. The molecule has 1 aliphatic carbocycles. The molecule has 0 saturated heterocycles. The van der Waals surface area contributed by atoms with Gasteiger partial charge in [0.15, 0.2) is 0 Å². The van der Waals surface area contributed by atoms with Crippen LogP contribution in [0.5, 0.6) is 0 Å². The number of rotatable bonds is 7. The Morgan fingerprint density at radius 3 is 2.84 bits per heavy atom. The van der Waals surface area contributed by atoms with Gasteiger partial charge in [-0.2, -0.15) is 11.3 Å². The minimum Gasteiger partial charge on any atom is -0.313 e. The summed E-state index contributed by atoms with van der Waals surface area (Å²) in [6, 6.07) is 2.99. The van der Waals surface area contributed by atoms with Crippen molar-refractivity contribution in [3.05, 3.63) is 22.4 Å². The summed E-state index contributed by atoms with van der Waals surface area (Å²) in [7, 11) is 0. The van der Waals surface area contributed by atoms with E-state index in [2.05, 4.69) is 36.0 Å². The molecule has 0 radical (unpaired) electrons. The Bertz CT molecular complexity index is 333. The second-order valence-corrected chi connectivity index (χ2v) is 6.79. The van der Waals surface area contributed by atoms with Crippen LogP contribution in [0, 0.1) is 11.8 Å². The number of hydrogen-bond donors (Lipinski definition) is 1. The summed E-state index contributed by atoms with van der Waals surface area (Å²) in [6.45, 7) is 5.82. The molecule has 1 heterocycles. The van der Waals surface area contributed by atoms with Crippen LogP contribution in [0.3, 0.4) is 0 Å². The van der Waals surface area contributed by atoms with Gasteiger partial charge in [-0.15, -0.1) is 0 Å². The lowest BCUT2D eigenvalue weighted by molar-refractivity contribution is 0.174. The molecule has 3 unspecified atom stereocenters. The average molecular weight is 279 g/mol. The highest BCUT2D eigenvalue weighted by molar-refractivity contribution is 7.07. The molecule has 1 aromatic rings. The fourth-order valence-corrected chi connectivity index (χ4v) is 4.32. The third kappa shape index (κ3) is 4.32. The quantitative estimate of drug-likeness (QED) is 0.750. The van der Waals surface area contributed by atoms with E-state index < -0.39 is 0 Å². The van der Waals surface area contributed by atoms with E-state index in [9.17, 15) is 0 Å². The Labute approximate surface area is 122 Å². The molecule has 1 saturated carbocycles. The van der Waals surface area contributed by atoms with Crippen molar-refractivity contribution in [1.82, 2.24) is 5.32 Å². The van der Waals surface area contributed by atoms with Gasteiger partial charge < -0.3 is 5.32 Å². The summed E-state index contributed by atoms with van der Waals surface area (Å²) in [5, 5.41) is 8.38. The van der Waals surface area contributed by atoms with E-state index in [4.69, 9.17) is 0 Å². The molecular formula is C17H29NS. The Hall–Kier alpha value is -0.340. The van der Waals surface area contributed by atoms with Crippen molar-refractivity contribution in [1.29, 1.82) is 0 Å². The van der Waals surface area contributed by atoms with Crippen molar-refractivity contribution in [2.24, 2.45) is 11.8 Å². The Kier molecular flexibility index (Phi) is 6.39. The monoisotopic (exact) mass is 279 g/mol. The van der Waals surface area contributed by atoms with Gasteiger partial charge in [0.05, 0.1) is 0 Å². The SMILES string of the molecule is CCCNC(Cc1ccsc1)C1CCCCC1CC. The Morgan fingerprint density at radius 2 is 2.16 bits per heavy atom. The van der Waals surface area contributed by atoms with E-state index in [-0.39, 0.29) is 0 Å². The van der Waals surface area contributed by atoms with Crippen LogP contribution < -0.4 is 5.32 Å². The van der Waals surface area contributed by atoms with Gasteiger partial charge in [-0.25, -0.2) is 0 Å².